The Morgan fingerprint density at radius 1 is 0.914 bits per heavy atom. The number of carbonyl (C=O) groups excluding carboxylic acids is 3. The van der Waals surface area contributed by atoms with Crippen molar-refractivity contribution in [3.8, 4) is 11.5 Å². The van der Waals surface area contributed by atoms with Gasteiger partial charge in [0.15, 0.2) is 35.5 Å². The fourth-order valence-electron chi connectivity index (χ4n) is 4.89. The van der Waals surface area contributed by atoms with E-state index in [-0.39, 0.29) is 41.3 Å². The van der Waals surface area contributed by atoms with E-state index in [0.29, 0.717) is 59.7 Å². The number of Topliss-reactive ketones (excluding diaryl/α,β-unsaturated/α-hetero) is 2. The first-order valence-electron chi connectivity index (χ1n) is 11.5. The average Bonchev–Trinajstić information content (AvgIpc) is 2.84. The number of hydrogen-bond acceptors (Lipinski definition) is 6. The van der Waals surface area contributed by atoms with Crippen molar-refractivity contribution in [2.75, 3.05) is 7.11 Å². The number of rotatable bonds is 4. The van der Waals surface area contributed by atoms with Crippen LogP contribution in [-0.4, -0.2) is 24.6 Å². The van der Waals surface area contributed by atoms with Gasteiger partial charge in [-0.3, -0.25) is 9.59 Å². The monoisotopic (exact) mass is 587 g/mol. The third kappa shape index (κ3) is 4.76. The molecule has 1 aromatic heterocycles. The number of allylic oxidation sites excluding steroid dienone is 4. The topological polar surface area (TPSA) is 82.8 Å². The smallest absolute Gasteiger partial charge is 0.344 e. The summed E-state index contributed by atoms with van der Waals surface area (Å²) in [6.45, 7) is 0. The van der Waals surface area contributed by atoms with E-state index in [1.54, 1.807) is 42.7 Å². The molecule has 0 saturated heterocycles. The number of pyridine rings is 1. The Kier molecular flexibility index (Phi) is 7.39. The highest BCUT2D eigenvalue weighted by molar-refractivity contribution is 6.05. The highest BCUT2D eigenvalue weighted by Crippen LogP contribution is 2.48. The molecule has 0 saturated carbocycles. The van der Waals surface area contributed by atoms with Gasteiger partial charge in [0, 0.05) is 54.9 Å². The summed E-state index contributed by atoms with van der Waals surface area (Å²) in [5.74, 6) is 1.03. The van der Waals surface area contributed by atoms with Crippen molar-refractivity contribution in [1.82, 2.24) is 0 Å². The van der Waals surface area contributed by atoms with Gasteiger partial charge in [0.25, 0.3) is 0 Å². The molecule has 2 aromatic rings. The fourth-order valence-corrected chi connectivity index (χ4v) is 4.89. The summed E-state index contributed by atoms with van der Waals surface area (Å²) in [4.78, 5) is 38.6. The molecule has 182 valence electrons. The molecule has 2 heterocycles. The van der Waals surface area contributed by atoms with Crippen LogP contribution in [0.1, 0.15) is 60.4 Å². The number of aryl methyl sites for hydroxylation is 1. The van der Waals surface area contributed by atoms with E-state index >= 15 is 0 Å². The lowest BCUT2D eigenvalue weighted by Crippen LogP contribution is -3.00. The molecule has 0 amide bonds. The number of esters is 1. The van der Waals surface area contributed by atoms with Gasteiger partial charge in [-0.15, -0.1) is 0 Å². The highest BCUT2D eigenvalue weighted by Gasteiger charge is 2.42. The number of carbonyl (C=O) groups is 3. The van der Waals surface area contributed by atoms with Crippen LogP contribution in [0.4, 0.5) is 0 Å². The lowest BCUT2D eigenvalue weighted by molar-refractivity contribution is -0.671. The maximum Gasteiger partial charge on any atom is 0.344 e. The second-order valence-electron chi connectivity index (χ2n) is 8.81. The van der Waals surface area contributed by atoms with Gasteiger partial charge >= 0.3 is 5.97 Å². The number of nitrogens with zero attached hydrogens (tertiary/aromatic N) is 1. The molecule has 8 heteroatoms. The normalized spacial score (nSPS) is 17.8. The molecule has 0 radical (unpaired) electrons. The number of hydrogen-bond donors (Lipinski definition) is 0. The summed E-state index contributed by atoms with van der Waals surface area (Å²) in [6.07, 6.45) is 7.28. The van der Waals surface area contributed by atoms with Crippen LogP contribution in [0.3, 0.4) is 0 Å². The largest absolute Gasteiger partial charge is 1.00 e. The van der Waals surface area contributed by atoms with Crippen molar-refractivity contribution < 1.29 is 57.1 Å². The zero-order chi connectivity index (χ0) is 23.8. The van der Waals surface area contributed by atoms with E-state index in [1.807, 2.05) is 11.6 Å². The van der Waals surface area contributed by atoms with Crippen LogP contribution in [0, 0.1) is 0 Å². The Hall–Kier alpha value is -3.01. The van der Waals surface area contributed by atoms with Crippen molar-refractivity contribution in [3.05, 3.63) is 76.5 Å². The average molecular weight is 587 g/mol. The molecule has 2 aliphatic carbocycles. The standard InChI is InChI=1S/C27H26NO6.HI/c1-28-13-11-16(12-14-28)27(31)34-20-10-9-17(15-23(20)32-2)24-25-18(29)5-3-7-21(25)33-22-8-4-6-19(30)26(22)24;/h9-15,24H,3-8H2,1-2H3;1H/q+1;/p-1. The van der Waals surface area contributed by atoms with Crippen LogP contribution in [0.5, 0.6) is 11.5 Å². The maximum atomic E-state index is 13.0. The molecule has 3 aliphatic rings. The van der Waals surface area contributed by atoms with Crippen molar-refractivity contribution in [2.24, 2.45) is 7.05 Å². The minimum atomic E-state index is -0.502. The molecule has 1 aliphatic heterocycles. The number of methoxy groups -OCH3 is 1. The summed E-state index contributed by atoms with van der Waals surface area (Å²) in [5, 5.41) is 0. The Labute approximate surface area is 220 Å². The Morgan fingerprint density at radius 2 is 1.51 bits per heavy atom. The summed E-state index contributed by atoms with van der Waals surface area (Å²) in [6, 6.07) is 8.56. The summed E-state index contributed by atoms with van der Waals surface area (Å²) in [5.41, 5.74) is 2.31. The van der Waals surface area contributed by atoms with Crippen molar-refractivity contribution in [1.29, 1.82) is 0 Å². The van der Waals surface area contributed by atoms with Crippen LogP contribution in [-0.2, 0) is 21.4 Å². The van der Waals surface area contributed by atoms with E-state index in [4.69, 9.17) is 14.2 Å². The number of halogens is 1. The van der Waals surface area contributed by atoms with Crippen LogP contribution >= 0.6 is 0 Å². The lowest BCUT2D eigenvalue weighted by Gasteiger charge is -2.36. The number of aromatic nitrogens is 1. The molecule has 0 atom stereocenters. The van der Waals surface area contributed by atoms with Gasteiger partial charge in [0.1, 0.15) is 18.6 Å². The van der Waals surface area contributed by atoms with Gasteiger partial charge in [-0.1, -0.05) is 6.07 Å². The molecule has 0 N–H and O–H groups in total. The fraction of sp³-hybridized carbons (Fsp3) is 0.333. The Bertz CT molecular complexity index is 1220. The molecule has 35 heavy (non-hydrogen) atoms. The third-order valence-corrected chi connectivity index (χ3v) is 6.58. The van der Waals surface area contributed by atoms with Crippen LogP contribution in [0.15, 0.2) is 65.4 Å². The second-order valence-corrected chi connectivity index (χ2v) is 8.81. The molecule has 1 aromatic carbocycles. The molecule has 0 bridgehead atoms. The predicted octanol–water partition coefficient (Wildman–Crippen LogP) is 0.871. The van der Waals surface area contributed by atoms with Crippen LogP contribution in [0.2, 0.25) is 0 Å². The van der Waals surface area contributed by atoms with Crippen molar-refractivity contribution in [2.45, 2.75) is 44.4 Å². The van der Waals surface area contributed by atoms with Gasteiger partial charge in [-0.2, -0.15) is 0 Å². The summed E-state index contributed by atoms with van der Waals surface area (Å²) >= 11 is 0. The van der Waals surface area contributed by atoms with E-state index in [9.17, 15) is 14.4 Å². The van der Waals surface area contributed by atoms with Gasteiger partial charge in [0.05, 0.1) is 12.7 Å². The zero-order valence-corrected chi connectivity index (χ0v) is 21.8. The first-order chi connectivity index (χ1) is 16.5. The second kappa shape index (κ2) is 10.3. The molecule has 5 rings (SSSR count). The zero-order valence-electron chi connectivity index (χ0n) is 19.6. The first kappa shape index (κ1) is 25.1. The van der Waals surface area contributed by atoms with Gasteiger partial charge < -0.3 is 38.2 Å². The molecular weight excluding hydrogens is 561 g/mol. The minimum absolute atomic E-state index is 0. The predicted molar refractivity (Wildman–Crippen MR) is 121 cm³/mol. The van der Waals surface area contributed by atoms with Gasteiger partial charge in [0.2, 0.25) is 0 Å². The van der Waals surface area contributed by atoms with Gasteiger partial charge in [-0.25, -0.2) is 9.36 Å². The number of ether oxygens (including phenoxy) is 3. The van der Waals surface area contributed by atoms with Crippen LogP contribution < -0.4 is 38.0 Å². The van der Waals surface area contributed by atoms with Crippen LogP contribution in [0.25, 0.3) is 0 Å². The Balaban J connectivity index is 0.00000289. The number of ketones is 2. The maximum absolute atomic E-state index is 13.0. The quantitative estimate of drug-likeness (QED) is 0.229. The minimum Gasteiger partial charge on any atom is -1.00 e. The molecule has 0 fully saturated rings. The summed E-state index contributed by atoms with van der Waals surface area (Å²) in [7, 11) is 3.36. The van der Waals surface area contributed by atoms with Crippen molar-refractivity contribution >= 4 is 17.5 Å². The number of benzene rings is 1. The SMILES string of the molecule is COc1cc(C2C3=C(CCCC3=O)OC3=C2C(=O)CCC3)ccc1OC(=O)c1cc[n+](C)cc1.[I-]. The van der Waals surface area contributed by atoms with E-state index in [0.717, 1.165) is 18.4 Å². The molecule has 7 nitrogen and oxygen atoms in total. The highest BCUT2D eigenvalue weighted by atomic mass is 127. The van der Waals surface area contributed by atoms with E-state index in [2.05, 4.69) is 0 Å². The first-order valence-corrected chi connectivity index (χ1v) is 11.5. The van der Waals surface area contributed by atoms with E-state index < -0.39 is 11.9 Å². The third-order valence-electron chi connectivity index (χ3n) is 6.58. The molecule has 0 unspecified atom stereocenters. The Morgan fingerprint density at radius 3 is 2.09 bits per heavy atom. The summed E-state index contributed by atoms with van der Waals surface area (Å²) < 4.78 is 19.1. The lowest BCUT2D eigenvalue weighted by atomic mass is 9.73. The van der Waals surface area contributed by atoms with Gasteiger partial charge in [-0.05, 0) is 30.5 Å². The van der Waals surface area contributed by atoms with E-state index in [1.165, 1.54) is 7.11 Å². The molecular formula is C27H26INO6. The molecule has 0 spiro atoms. The van der Waals surface area contributed by atoms with Crippen molar-refractivity contribution in [3.63, 3.8) is 0 Å².